The number of hydrogen-bond donors (Lipinski definition) is 2. The number of ether oxygens (including phenoxy) is 1. The molecule has 1 atom stereocenters. The molecule has 1 saturated heterocycles. The molecule has 0 bridgehead atoms. The summed E-state index contributed by atoms with van der Waals surface area (Å²) >= 11 is 0. The molecular weight excluding hydrogens is 554 g/mol. The van der Waals surface area contributed by atoms with E-state index in [1.54, 1.807) is 17.1 Å². The predicted octanol–water partition coefficient (Wildman–Crippen LogP) is 5.23. The van der Waals surface area contributed by atoms with Crippen molar-refractivity contribution in [1.82, 2.24) is 39.5 Å². The summed E-state index contributed by atoms with van der Waals surface area (Å²) in [6.45, 7) is 7.12. The number of pyridine rings is 2. The van der Waals surface area contributed by atoms with Gasteiger partial charge >= 0.3 is 6.09 Å². The molecule has 0 saturated carbocycles. The molecule has 3 N–H and O–H groups in total. The molecular formula is C33H37N9O2. The van der Waals surface area contributed by atoms with Crippen LogP contribution >= 0.6 is 0 Å². The van der Waals surface area contributed by atoms with Crippen LogP contribution in [-0.2, 0) is 11.2 Å². The van der Waals surface area contributed by atoms with Gasteiger partial charge in [-0.25, -0.2) is 24.4 Å². The van der Waals surface area contributed by atoms with Crippen LogP contribution in [0.3, 0.4) is 0 Å². The number of nitrogens with one attached hydrogen (secondary N) is 1. The van der Waals surface area contributed by atoms with Crippen molar-refractivity contribution in [3.05, 3.63) is 78.2 Å². The number of rotatable bonds is 5. The highest BCUT2D eigenvalue weighted by Gasteiger charge is 2.30. The molecule has 226 valence electrons. The molecule has 5 heterocycles. The van der Waals surface area contributed by atoms with Gasteiger partial charge in [0.2, 0.25) is 0 Å². The Hall–Kier alpha value is -4.77. The fourth-order valence-electron chi connectivity index (χ4n) is 6.27. The van der Waals surface area contributed by atoms with Gasteiger partial charge in [0.25, 0.3) is 0 Å². The summed E-state index contributed by atoms with van der Waals surface area (Å²) in [5, 5.41) is 8.26. The Bertz CT molecular complexity index is 1820. The Kier molecular flexibility index (Phi) is 7.04. The largest absolute Gasteiger partial charge is 0.444 e. The Balaban J connectivity index is 1.17. The second-order valence-corrected chi connectivity index (χ2v) is 12.6. The number of aromatic nitrogens is 6. The van der Waals surface area contributed by atoms with E-state index in [2.05, 4.69) is 38.2 Å². The summed E-state index contributed by atoms with van der Waals surface area (Å²) in [7, 11) is 0. The second-order valence-electron chi connectivity index (χ2n) is 12.6. The quantitative estimate of drug-likeness (QED) is 0.284. The lowest BCUT2D eigenvalue weighted by Gasteiger charge is -2.35. The van der Waals surface area contributed by atoms with Crippen molar-refractivity contribution in [2.75, 3.05) is 18.8 Å². The van der Waals surface area contributed by atoms with E-state index >= 15 is 0 Å². The number of carbonyl (C=O) groups excluding carboxylic acids is 1. The number of carbonyl (C=O) groups is 1. The third-order valence-corrected chi connectivity index (χ3v) is 8.35. The van der Waals surface area contributed by atoms with Crippen LogP contribution < -0.4 is 11.1 Å². The van der Waals surface area contributed by atoms with Gasteiger partial charge in [-0.3, -0.25) is 4.57 Å². The van der Waals surface area contributed by atoms with Crippen LogP contribution in [0.5, 0.6) is 0 Å². The van der Waals surface area contributed by atoms with Gasteiger partial charge in [-0.15, -0.1) is 0 Å². The number of benzene rings is 1. The van der Waals surface area contributed by atoms with Gasteiger partial charge in [0.1, 0.15) is 16.9 Å². The maximum absolute atomic E-state index is 12.5. The Labute approximate surface area is 256 Å². The van der Waals surface area contributed by atoms with Crippen LogP contribution in [0.1, 0.15) is 57.2 Å². The van der Waals surface area contributed by atoms with Gasteiger partial charge in [-0.1, -0.05) is 6.07 Å². The Morgan fingerprint density at radius 2 is 1.86 bits per heavy atom. The van der Waals surface area contributed by atoms with Gasteiger partial charge in [-0.2, -0.15) is 5.10 Å². The molecule has 1 aromatic carbocycles. The highest BCUT2D eigenvalue weighted by molar-refractivity contribution is 5.83. The van der Waals surface area contributed by atoms with E-state index in [1.807, 2.05) is 62.2 Å². The zero-order valence-electron chi connectivity index (χ0n) is 25.3. The highest BCUT2D eigenvalue weighted by atomic mass is 16.6. The first-order valence-corrected chi connectivity index (χ1v) is 15.2. The summed E-state index contributed by atoms with van der Waals surface area (Å²) in [4.78, 5) is 28.6. The highest BCUT2D eigenvalue weighted by Crippen LogP contribution is 2.36. The van der Waals surface area contributed by atoms with E-state index in [4.69, 9.17) is 20.4 Å². The minimum Gasteiger partial charge on any atom is -0.444 e. The maximum atomic E-state index is 12.5. The van der Waals surface area contributed by atoms with Crippen LogP contribution in [0, 0.1) is 0 Å². The molecule has 1 aliphatic carbocycles. The lowest BCUT2D eigenvalue weighted by molar-refractivity contribution is 0.0195. The van der Waals surface area contributed by atoms with Crippen LogP contribution in [-0.4, -0.2) is 65.0 Å². The minimum absolute atomic E-state index is 0.222. The fraction of sp³-hybridized carbons (Fsp3) is 0.364. The summed E-state index contributed by atoms with van der Waals surface area (Å²) < 4.78 is 9.38. The zero-order chi connectivity index (χ0) is 30.4. The van der Waals surface area contributed by atoms with E-state index in [1.165, 1.54) is 11.1 Å². The third-order valence-electron chi connectivity index (χ3n) is 8.35. The molecule has 1 aliphatic heterocycles. The van der Waals surface area contributed by atoms with Crippen LogP contribution in [0.2, 0.25) is 0 Å². The average molecular weight is 592 g/mol. The third kappa shape index (κ3) is 5.39. The lowest BCUT2D eigenvalue weighted by atomic mass is 10.0. The molecule has 0 spiro atoms. The first-order chi connectivity index (χ1) is 21.2. The number of fused-ring (bicyclic) bond motifs is 2. The molecule has 2 aliphatic rings. The first kappa shape index (κ1) is 28.0. The molecule has 0 unspecified atom stereocenters. The van der Waals surface area contributed by atoms with Crippen LogP contribution in [0.15, 0.2) is 67.1 Å². The molecule has 44 heavy (non-hydrogen) atoms. The SMILES string of the molecule is CC(C)(C)OC(=O)N1CCC(N[C@H]2CCc3cc(-n4c(-c5cccnc5N)nc5ccc(-n6cccn6)nc54)ccc32)CC1. The van der Waals surface area contributed by atoms with Gasteiger partial charge in [0.15, 0.2) is 17.3 Å². The number of nitrogen functional groups attached to an aromatic ring is 1. The fourth-order valence-corrected chi connectivity index (χ4v) is 6.27. The number of anilines is 1. The van der Waals surface area contributed by atoms with E-state index < -0.39 is 5.60 Å². The Morgan fingerprint density at radius 1 is 1.02 bits per heavy atom. The summed E-state index contributed by atoms with van der Waals surface area (Å²) in [6, 6.07) is 16.8. The van der Waals surface area contributed by atoms with Crippen molar-refractivity contribution in [3.8, 4) is 22.9 Å². The van der Waals surface area contributed by atoms with Gasteiger partial charge in [0.05, 0.1) is 5.56 Å². The van der Waals surface area contributed by atoms with Crippen molar-refractivity contribution < 1.29 is 9.53 Å². The summed E-state index contributed by atoms with van der Waals surface area (Å²) in [5.74, 6) is 1.82. The van der Waals surface area contributed by atoms with Gasteiger partial charge < -0.3 is 20.7 Å². The number of nitrogens with zero attached hydrogens (tertiary/aromatic N) is 7. The number of aryl methyl sites for hydroxylation is 1. The number of imidazole rings is 1. The predicted molar refractivity (Wildman–Crippen MR) is 169 cm³/mol. The van der Waals surface area contributed by atoms with Crippen molar-refractivity contribution in [3.63, 3.8) is 0 Å². The molecule has 4 aromatic heterocycles. The zero-order valence-corrected chi connectivity index (χ0v) is 25.3. The number of piperidine rings is 1. The number of amides is 1. The normalized spacial score (nSPS) is 17.2. The summed E-state index contributed by atoms with van der Waals surface area (Å²) in [6.07, 6.45) is 8.89. The lowest BCUT2D eigenvalue weighted by Crippen LogP contribution is -2.47. The second kappa shape index (κ2) is 11.1. The van der Waals surface area contributed by atoms with Crippen molar-refractivity contribution in [2.24, 2.45) is 0 Å². The van der Waals surface area contributed by atoms with E-state index in [0.717, 1.165) is 48.1 Å². The van der Waals surface area contributed by atoms with E-state index in [-0.39, 0.29) is 12.1 Å². The van der Waals surface area contributed by atoms with Crippen LogP contribution in [0.25, 0.3) is 34.1 Å². The van der Waals surface area contributed by atoms with E-state index in [0.29, 0.717) is 36.6 Å². The van der Waals surface area contributed by atoms with E-state index in [9.17, 15) is 4.79 Å². The standard InChI is InChI=1S/C33H37N9O2/c1-33(2,3)44-32(43)40-18-13-22(14-19-40)37-26-10-7-21-20-23(8-9-24(21)26)42-30(25-6-4-15-35-29(25)34)38-27-11-12-28(39-31(27)42)41-17-5-16-36-41/h4-6,8-9,11-12,15-17,20,22,26,37H,7,10,13-14,18-19H2,1-3H3,(H2,34,35)/t26-/m0/s1. The summed E-state index contributed by atoms with van der Waals surface area (Å²) in [5.41, 5.74) is 11.7. The first-order valence-electron chi connectivity index (χ1n) is 15.2. The molecule has 1 amide bonds. The molecule has 1 fully saturated rings. The molecule has 7 rings (SSSR count). The Morgan fingerprint density at radius 3 is 2.61 bits per heavy atom. The molecule has 11 nitrogen and oxygen atoms in total. The van der Waals surface area contributed by atoms with Gasteiger partial charge in [-0.05, 0) is 100 Å². The van der Waals surface area contributed by atoms with Crippen molar-refractivity contribution in [2.45, 2.75) is 64.1 Å². The van der Waals surface area contributed by atoms with Crippen molar-refractivity contribution in [1.29, 1.82) is 0 Å². The minimum atomic E-state index is -0.481. The monoisotopic (exact) mass is 591 g/mol. The molecule has 11 heteroatoms. The number of likely N-dealkylation sites (tertiary alicyclic amines) is 1. The van der Waals surface area contributed by atoms with Crippen molar-refractivity contribution >= 4 is 23.1 Å². The maximum Gasteiger partial charge on any atom is 0.410 e. The molecule has 0 radical (unpaired) electrons. The molecule has 5 aromatic rings. The smallest absolute Gasteiger partial charge is 0.410 e. The average Bonchev–Trinajstić information content (AvgIpc) is 3.76. The van der Waals surface area contributed by atoms with Crippen LogP contribution in [0.4, 0.5) is 10.6 Å². The number of hydrogen-bond acceptors (Lipinski definition) is 8. The van der Waals surface area contributed by atoms with Gasteiger partial charge in [0, 0.05) is 49.5 Å². The topological polar surface area (TPSA) is 129 Å². The number of nitrogens with two attached hydrogens (primary N) is 1.